The maximum atomic E-state index is 13.0. The van der Waals surface area contributed by atoms with Gasteiger partial charge in [-0.1, -0.05) is 34.8 Å². The van der Waals surface area contributed by atoms with Gasteiger partial charge in [-0.15, -0.1) is 11.3 Å². The van der Waals surface area contributed by atoms with Crippen LogP contribution in [0.25, 0.3) is 11.3 Å². The fourth-order valence-corrected chi connectivity index (χ4v) is 6.95. The van der Waals surface area contributed by atoms with E-state index in [1.54, 1.807) is 18.2 Å². The van der Waals surface area contributed by atoms with Gasteiger partial charge in [0.1, 0.15) is 5.02 Å². The van der Waals surface area contributed by atoms with Crippen molar-refractivity contribution >= 4 is 66.8 Å². The van der Waals surface area contributed by atoms with Gasteiger partial charge in [0.2, 0.25) is 0 Å². The number of nitro groups is 1. The summed E-state index contributed by atoms with van der Waals surface area (Å²) < 4.78 is 26.1. The maximum absolute atomic E-state index is 13.0. The molecule has 2 heterocycles. The topological polar surface area (TPSA) is 93.4 Å². The minimum Gasteiger partial charge on any atom is -0.348 e. The smallest absolute Gasteiger partial charge is 0.289 e. The molecule has 12 heteroatoms. The van der Waals surface area contributed by atoms with Crippen molar-refractivity contribution in [3.8, 4) is 11.3 Å². The molecule has 0 spiro atoms. The van der Waals surface area contributed by atoms with Crippen LogP contribution < -0.4 is 4.90 Å². The fourth-order valence-electron chi connectivity index (χ4n) is 3.60. The van der Waals surface area contributed by atoms with Crippen LogP contribution >= 0.6 is 46.1 Å². The second-order valence-corrected chi connectivity index (χ2v) is 11.6. The molecule has 0 atom stereocenters. The van der Waals surface area contributed by atoms with Crippen molar-refractivity contribution < 1.29 is 13.3 Å². The van der Waals surface area contributed by atoms with E-state index in [9.17, 15) is 18.5 Å². The zero-order valence-electron chi connectivity index (χ0n) is 16.4. The fraction of sp³-hybridized carbons (Fsp3) is 0.250. The first-order valence-electron chi connectivity index (χ1n) is 9.50. The molecule has 7 nitrogen and oxygen atoms in total. The Bertz CT molecular complexity index is 1270. The van der Waals surface area contributed by atoms with Crippen LogP contribution in [-0.2, 0) is 9.84 Å². The van der Waals surface area contributed by atoms with Crippen LogP contribution in [0, 0.1) is 10.1 Å². The van der Waals surface area contributed by atoms with Crippen molar-refractivity contribution in [1.82, 2.24) is 4.98 Å². The Morgan fingerprint density at radius 3 is 2.34 bits per heavy atom. The van der Waals surface area contributed by atoms with Gasteiger partial charge in [0.05, 0.1) is 20.8 Å². The van der Waals surface area contributed by atoms with Gasteiger partial charge < -0.3 is 4.90 Å². The first-order chi connectivity index (χ1) is 15.1. The molecule has 1 aromatic heterocycles. The SMILES string of the molecule is O=[N+]([O-])c1cc(S(=O)(=O)C2CCN(c3nc(-c4cc(Cl)cc(Cl)c4)cs3)CC2)ccc1Cl. The number of rotatable bonds is 5. The zero-order valence-corrected chi connectivity index (χ0v) is 20.3. The Labute approximate surface area is 203 Å². The monoisotopic (exact) mass is 531 g/mol. The number of piperidine rings is 1. The van der Waals surface area contributed by atoms with Crippen LogP contribution in [0.4, 0.5) is 10.8 Å². The average molecular weight is 533 g/mol. The Morgan fingerprint density at radius 2 is 1.72 bits per heavy atom. The van der Waals surface area contributed by atoms with Gasteiger partial charge in [-0.2, -0.15) is 0 Å². The van der Waals surface area contributed by atoms with E-state index in [4.69, 9.17) is 34.8 Å². The van der Waals surface area contributed by atoms with E-state index < -0.39 is 25.7 Å². The van der Waals surface area contributed by atoms with Crippen LogP contribution in [0.1, 0.15) is 12.8 Å². The molecule has 1 fully saturated rings. The number of sulfone groups is 1. The number of hydrogen-bond acceptors (Lipinski definition) is 7. The molecule has 3 aromatic rings. The van der Waals surface area contributed by atoms with Gasteiger partial charge >= 0.3 is 0 Å². The number of aromatic nitrogens is 1. The number of nitrogens with zero attached hydrogens (tertiary/aromatic N) is 3. The summed E-state index contributed by atoms with van der Waals surface area (Å²) in [6.07, 6.45) is 0.771. The van der Waals surface area contributed by atoms with Crippen molar-refractivity contribution in [2.45, 2.75) is 23.0 Å². The van der Waals surface area contributed by atoms with Crippen LogP contribution in [0.15, 0.2) is 46.7 Å². The third-order valence-electron chi connectivity index (χ3n) is 5.24. The summed E-state index contributed by atoms with van der Waals surface area (Å²) in [7, 11) is -3.72. The van der Waals surface area contributed by atoms with Crippen LogP contribution in [0.3, 0.4) is 0 Å². The molecule has 168 valence electrons. The summed E-state index contributed by atoms with van der Waals surface area (Å²) in [4.78, 5) is 17.1. The lowest BCUT2D eigenvalue weighted by atomic mass is 10.1. The van der Waals surface area contributed by atoms with E-state index in [0.29, 0.717) is 36.0 Å². The van der Waals surface area contributed by atoms with Crippen LogP contribution in [-0.4, -0.2) is 36.7 Å². The van der Waals surface area contributed by atoms with Gasteiger partial charge in [-0.25, -0.2) is 13.4 Å². The molecule has 0 saturated carbocycles. The molecule has 4 rings (SSSR count). The van der Waals surface area contributed by atoms with E-state index >= 15 is 0 Å². The summed E-state index contributed by atoms with van der Waals surface area (Å²) in [5.41, 5.74) is 1.14. The molecular weight excluding hydrogens is 517 g/mol. The highest BCUT2D eigenvalue weighted by Crippen LogP contribution is 2.35. The number of benzene rings is 2. The lowest BCUT2D eigenvalue weighted by Crippen LogP contribution is -2.39. The van der Waals surface area contributed by atoms with E-state index in [1.807, 2.05) is 10.3 Å². The standard InChI is InChI=1S/C20H16Cl3N3O4S2/c21-13-7-12(8-14(22)9-13)18-11-31-20(24-18)25-5-3-15(4-6-25)32(29,30)16-1-2-17(23)19(10-16)26(27)28/h1-2,7-11,15H,3-6H2. The predicted octanol–water partition coefficient (Wildman–Crippen LogP) is 6.12. The first kappa shape index (κ1) is 23.3. The normalized spacial score (nSPS) is 15.2. The molecule has 0 amide bonds. The molecule has 0 radical (unpaired) electrons. The Hall–Kier alpha value is -1.91. The molecule has 0 bridgehead atoms. The summed E-state index contributed by atoms with van der Waals surface area (Å²) in [6, 6.07) is 8.83. The Morgan fingerprint density at radius 1 is 1.06 bits per heavy atom. The van der Waals surface area contributed by atoms with Gasteiger partial charge in [0.15, 0.2) is 15.0 Å². The molecule has 32 heavy (non-hydrogen) atoms. The molecule has 1 saturated heterocycles. The second-order valence-electron chi connectivity index (χ2n) is 7.28. The highest BCUT2D eigenvalue weighted by molar-refractivity contribution is 7.92. The Balaban J connectivity index is 1.48. The first-order valence-corrected chi connectivity index (χ1v) is 13.1. The number of hydrogen-bond donors (Lipinski definition) is 0. The lowest BCUT2D eigenvalue weighted by molar-refractivity contribution is -0.384. The summed E-state index contributed by atoms with van der Waals surface area (Å²) in [5.74, 6) is 0. The third kappa shape index (κ3) is 4.72. The minimum atomic E-state index is -3.72. The van der Waals surface area contributed by atoms with Gasteiger partial charge in [-0.3, -0.25) is 10.1 Å². The third-order valence-corrected chi connectivity index (χ3v) is 9.16. The van der Waals surface area contributed by atoms with Gasteiger partial charge in [0.25, 0.3) is 5.69 Å². The molecule has 1 aliphatic rings. The summed E-state index contributed by atoms with van der Waals surface area (Å²) >= 11 is 19.4. The zero-order chi connectivity index (χ0) is 23.0. The van der Waals surface area contributed by atoms with Crippen LogP contribution in [0.5, 0.6) is 0 Å². The molecule has 2 aromatic carbocycles. The summed E-state index contributed by atoms with van der Waals surface area (Å²) in [5, 5.41) is 14.1. The van der Waals surface area contributed by atoms with E-state index in [2.05, 4.69) is 4.98 Å². The minimum absolute atomic E-state index is 0.0820. The molecular formula is C20H16Cl3N3O4S2. The van der Waals surface area contributed by atoms with Crippen molar-refractivity contribution in [3.63, 3.8) is 0 Å². The second kappa shape index (κ2) is 9.15. The van der Waals surface area contributed by atoms with E-state index in [0.717, 1.165) is 22.5 Å². The van der Waals surface area contributed by atoms with Crippen LogP contribution in [0.2, 0.25) is 15.1 Å². The van der Waals surface area contributed by atoms with Crippen molar-refractivity contribution in [2.24, 2.45) is 0 Å². The molecule has 0 N–H and O–H groups in total. The number of halogens is 3. The quantitative estimate of drug-likeness (QED) is 0.290. The highest BCUT2D eigenvalue weighted by Gasteiger charge is 2.33. The largest absolute Gasteiger partial charge is 0.348 e. The number of anilines is 1. The lowest BCUT2D eigenvalue weighted by Gasteiger charge is -2.31. The molecule has 1 aliphatic heterocycles. The predicted molar refractivity (Wildman–Crippen MR) is 128 cm³/mol. The molecule has 0 aliphatic carbocycles. The van der Waals surface area contributed by atoms with Crippen molar-refractivity contribution in [2.75, 3.05) is 18.0 Å². The summed E-state index contributed by atoms with van der Waals surface area (Å²) in [6.45, 7) is 1.01. The highest BCUT2D eigenvalue weighted by atomic mass is 35.5. The Kier molecular flexibility index (Phi) is 6.65. The average Bonchev–Trinajstić information content (AvgIpc) is 3.23. The van der Waals surface area contributed by atoms with E-state index in [-0.39, 0.29) is 9.92 Å². The van der Waals surface area contributed by atoms with E-state index in [1.165, 1.54) is 23.5 Å². The van der Waals surface area contributed by atoms with Crippen molar-refractivity contribution in [1.29, 1.82) is 0 Å². The molecule has 0 unspecified atom stereocenters. The maximum Gasteiger partial charge on any atom is 0.289 e. The van der Waals surface area contributed by atoms with Gasteiger partial charge in [-0.05, 0) is 43.2 Å². The van der Waals surface area contributed by atoms with Gasteiger partial charge in [0, 0.05) is 40.1 Å². The number of nitro benzene ring substituents is 1. The van der Waals surface area contributed by atoms with Crippen molar-refractivity contribution in [3.05, 3.63) is 67.0 Å². The number of thiazole rings is 1.